The van der Waals surface area contributed by atoms with Crippen LogP contribution in [0.25, 0.3) is 0 Å². The van der Waals surface area contributed by atoms with E-state index in [0.29, 0.717) is 27.9 Å². The van der Waals surface area contributed by atoms with Crippen LogP contribution in [0, 0.1) is 6.92 Å². The van der Waals surface area contributed by atoms with Crippen LogP contribution in [0.5, 0.6) is 11.5 Å². The van der Waals surface area contributed by atoms with Crippen molar-refractivity contribution >= 4 is 29.0 Å². The molecule has 0 radical (unpaired) electrons. The number of hydrogen-bond acceptors (Lipinski definition) is 5. The van der Waals surface area contributed by atoms with Gasteiger partial charge in [-0.05, 0) is 44.3 Å². The Labute approximate surface area is 176 Å². The van der Waals surface area contributed by atoms with Crippen molar-refractivity contribution in [3.8, 4) is 11.5 Å². The fraction of sp³-hybridized carbons (Fsp3) is 0.273. The topological polar surface area (TPSA) is 60.0 Å². The summed E-state index contributed by atoms with van der Waals surface area (Å²) in [7, 11) is 4.50. The molecule has 29 heavy (non-hydrogen) atoms. The number of aryl methyl sites for hydroxylation is 1. The van der Waals surface area contributed by atoms with E-state index in [2.05, 4.69) is 5.32 Å². The number of nitrogens with one attached hydrogen (secondary N) is 1. The van der Waals surface area contributed by atoms with Crippen molar-refractivity contribution in [3.63, 3.8) is 0 Å². The Morgan fingerprint density at radius 3 is 2.31 bits per heavy atom. The molecule has 0 unspecified atom stereocenters. The first-order chi connectivity index (χ1) is 13.9. The van der Waals surface area contributed by atoms with E-state index in [1.165, 1.54) is 7.11 Å². The van der Waals surface area contributed by atoms with Gasteiger partial charge in [0.05, 0.1) is 32.9 Å². The van der Waals surface area contributed by atoms with Crippen LogP contribution in [-0.2, 0) is 9.53 Å². The highest BCUT2D eigenvalue weighted by Crippen LogP contribution is 2.41. The summed E-state index contributed by atoms with van der Waals surface area (Å²) >= 11 is 5.67. The highest BCUT2D eigenvalue weighted by Gasteiger charge is 2.37. The fourth-order valence-corrected chi connectivity index (χ4v) is 3.85. The molecule has 1 N–H and O–H groups in total. The normalized spacial score (nSPS) is 16.4. The van der Waals surface area contributed by atoms with Gasteiger partial charge in [-0.25, -0.2) is 4.79 Å². The van der Waals surface area contributed by atoms with Gasteiger partial charge in [0.2, 0.25) is 0 Å². The molecule has 1 atom stereocenters. The Balaban J connectivity index is 2.19. The molecule has 1 heterocycles. The van der Waals surface area contributed by atoms with Gasteiger partial charge in [-0.2, -0.15) is 0 Å². The summed E-state index contributed by atoms with van der Waals surface area (Å²) in [5.74, 6) is 0.665. The third kappa shape index (κ3) is 3.78. The quantitative estimate of drug-likeness (QED) is 0.590. The number of methoxy groups -OCH3 is 3. The predicted molar refractivity (Wildman–Crippen MR) is 116 cm³/mol. The maximum Gasteiger partial charge on any atom is 0.337 e. The van der Waals surface area contributed by atoms with Crippen LogP contribution in [0.15, 0.2) is 53.7 Å². The molecular weight excluding hydrogens is 388 g/mol. The van der Waals surface area contributed by atoms with E-state index in [-0.39, 0.29) is 0 Å². The lowest BCUT2D eigenvalue weighted by molar-refractivity contribution is -0.136. The predicted octanol–water partition coefficient (Wildman–Crippen LogP) is 3.90. The Hall–Kier alpha value is -3.06. The summed E-state index contributed by atoms with van der Waals surface area (Å²) < 4.78 is 16.1. The number of anilines is 1. The first kappa shape index (κ1) is 20.7. The highest BCUT2D eigenvalue weighted by molar-refractivity contribution is 7.80. The van der Waals surface area contributed by atoms with E-state index in [0.717, 1.165) is 16.8 Å². The number of nitrogens with zero attached hydrogens (tertiary/aromatic N) is 1. The zero-order chi connectivity index (χ0) is 21.1. The largest absolute Gasteiger partial charge is 0.493 e. The van der Waals surface area contributed by atoms with Gasteiger partial charge in [0.15, 0.2) is 16.6 Å². The van der Waals surface area contributed by atoms with Gasteiger partial charge in [0.25, 0.3) is 0 Å². The SMILES string of the molecule is COC(=O)C1=C(C)N(c2ccc(C)cc2)C(=S)N[C@@H]1c1cccc(OC)c1OC. The Bertz CT molecular complexity index is 969. The number of para-hydroxylation sites is 1. The summed E-state index contributed by atoms with van der Waals surface area (Å²) in [5.41, 5.74) is 3.88. The molecule has 2 aromatic rings. The van der Waals surface area contributed by atoms with E-state index >= 15 is 0 Å². The molecule has 6 nitrogen and oxygen atoms in total. The lowest BCUT2D eigenvalue weighted by Gasteiger charge is -2.37. The molecule has 0 amide bonds. The molecule has 152 valence electrons. The van der Waals surface area contributed by atoms with E-state index in [1.807, 2.05) is 55.1 Å². The number of hydrogen-bond donors (Lipinski definition) is 1. The summed E-state index contributed by atoms with van der Waals surface area (Å²) in [5, 5.41) is 3.76. The van der Waals surface area contributed by atoms with Crippen molar-refractivity contribution in [2.45, 2.75) is 19.9 Å². The average molecular weight is 413 g/mol. The first-order valence-corrected chi connectivity index (χ1v) is 9.51. The molecule has 7 heteroatoms. The first-order valence-electron chi connectivity index (χ1n) is 9.10. The van der Waals surface area contributed by atoms with E-state index < -0.39 is 12.0 Å². The molecular formula is C22H24N2O4S. The fourth-order valence-electron chi connectivity index (χ4n) is 3.49. The van der Waals surface area contributed by atoms with Crippen molar-refractivity contribution in [2.24, 2.45) is 0 Å². The Kier molecular flexibility index (Phi) is 6.08. The molecule has 0 saturated carbocycles. The number of carbonyl (C=O) groups is 1. The minimum atomic E-state index is -0.540. The third-order valence-corrected chi connectivity index (χ3v) is 5.23. The molecule has 0 spiro atoms. The van der Waals surface area contributed by atoms with Crippen molar-refractivity contribution in [2.75, 3.05) is 26.2 Å². The molecule has 2 aromatic carbocycles. The van der Waals surface area contributed by atoms with Gasteiger partial charge in [0, 0.05) is 16.9 Å². The second kappa shape index (κ2) is 8.53. The van der Waals surface area contributed by atoms with Gasteiger partial charge in [-0.3, -0.25) is 4.90 Å². The number of allylic oxidation sites excluding steroid dienone is 1. The molecule has 0 bridgehead atoms. The number of benzene rings is 2. The van der Waals surface area contributed by atoms with Crippen molar-refractivity contribution in [1.29, 1.82) is 0 Å². The lowest BCUT2D eigenvalue weighted by atomic mass is 9.93. The molecule has 0 aromatic heterocycles. The van der Waals surface area contributed by atoms with Gasteiger partial charge in [-0.1, -0.05) is 29.8 Å². The number of thiocarbonyl (C=S) groups is 1. The summed E-state index contributed by atoms with van der Waals surface area (Å²) in [6, 6.07) is 12.9. The van der Waals surface area contributed by atoms with Crippen LogP contribution in [-0.4, -0.2) is 32.4 Å². The maximum absolute atomic E-state index is 12.8. The standard InChI is InChI=1S/C22H24N2O4S/c1-13-9-11-15(12-10-13)24-14(2)18(21(25)28-5)19(23-22(24)29)16-7-6-8-17(26-3)20(16)27-4/h6-12,19H,1-5H3,(H,23,29)/t19-/m1/s1. The summed E-state index contributed by atoms with van der Waals surface area (Å²) in [6.45, 7) is 3.88. The number of esters is 1. The van der Waals surface area contributed by atoms with Crippen LogP contribution < -0.4 is 19.7 Å². The summed E-state index contributed by atoms with van der Waals surface area (Å²) in [4.78, 5) is 14.6. The Morgan fingerprint density at radius 1 is 1.03 bits per heavy atom. The Morgan fingerprint density at radius 2 is 1.72 bits per heavy atom. The maximum atomic E-state index is 12.8. The van der Waals surface area contributed by atoms with E-state index in [9.17, 15) is 4.79 Å². The molecule has 0 aliphatic carbocycles. The number of carbonyl (C=O) groups excluding carboxylic acids is 1. The smallest absolute Gasteiger partial charge is 0.337 e. The monoisotopic (exact) mass is 412 g/mol. The highest BCUT2D eigenvalue weighted by atomic mass is 32.1. The van der Waals surface area contributed by atoms with Crippen LogP contribution in [0.2, 0.25) is 0 Å². The molecule has 0 fully saturated rings. The van der Waals surface area contributed by atoms with Gasteiger partial charge >= 0.3 is 5.97 Å². The van der Waals surface area contributed by atoms with Crippen LogP contribution in [0.1, 0.15) is 24.1 Å². The minimum Gasteiger partial charge on any atom is -0.493 e. The number of rotatable bonds is 5. The zero-order valence-corrected chi connectivity index (χ0v) is 17.9. The lowest BCUT2D eigenvalue weighted by Crippen LogP contribution is -2.48. The molecule has 3 rings (SSSR count). The minimum absolute atomic E-state index is 0.440. The second-order valence-electron chi connectivity index (χ2n) is 6.63. The van der Waals surface area contributed by atoms with Crippen molar-refractivity contribution in [1.82, 2.24) is 5.32 Å². The summed E-state index contributed by atoms with van der Waals surface area (Å²) in [6.07, 6.45) is 0. The molecule has 1 aliphatic rings. The molecule has 1 aliphatic heterocycles. The van der Waals surface area contributed by atoms with Gasteiger partial charge < -0.3 is 19.5 Å². The zero-order valence-electron chi connectivity index (χ0n) is 17.1. The average Bonchev–Trinajstić information content (AvgIpc) is 2.73. The van der Waals surface area contributed by atoms with E-state index in [4.69, 9.17) is 26.4 Å². The van der Waals surface area contributed by atoms with Gasteiger partial charge in [-0.15, -0.1) is 0 Å². The van der Waals surface area contributed by atoms with Crippen molar-refractivity contribution < 1.29 is 19.0 Å². The van der Waals surface area contributed by atoms with Gasteiger partial charge in [0.1, 0.15) is 0 Å². The van der Waals surface area contributed by atoms with Crippen LogP contribution >= 0.6 is 12.2 Å². The second-order valence-corrected chi connectivity index (χ2v) is 7.01. The van der Waals surface area contributed by atoms with Crippen molar-refractivity contribution in [3.05, 3.63) is 64.9 Å². The van der Waals surface area contributed by atoms with Crippen LogP contribution in [0.3, 0.4) is 0 Å². The number of ether oxygens (including phenoxy) is 3. The molecule has 0 saturated heterocycles. The van der Waals surface area contributed by atoms with Crippen LogP contribution in [0.4, 0.5) is 5.69 Å². The third-order valence-electron chi connectivity index (χ3n) is 4.93. The van der Waals surface area contributed by atoms with E-state index in [1.54, 1.807) is 20.3 Å².